The SMILES string of the molecule is Cc1nc([C@@](C)(NC(=O)c2cc(OCC(F)(F)F)c(C3CC3)cn2)C2CC2)no1. The van der Waals surface area contributed by atoms with E-state index in [-0.39, 0.29) is 23.3 Å². The Morgan fingerprint density at radius 2 is 2.03 bits per heavy atom. The van der Waals surface area contributed by atoms with Crippen LogP contribution in [0.3, 0.4) is 0 Å². The predicted octanol–water partition coefficient (Wildman–Crippen LogP) is 3.65. The van der Waals surface area contributed by atoms with Crippen molar-refractivity contribution in [2.24, 2.45) is 5.92 Å². The molecule has 1 amide bonds. The summed E-state index contributed by atoms with van der Waals surface area (Å²) in [6.45, 7) is 2.06. The molecule has 156 valence electrons. The van der Waals surface area contributed by atoms with Crippen LogP contribution in [-0.2, 0) is 5.54 Å². The fourth-order valence-corrected chi connectivity index (χ4v) is 3.37. The van der Waals surface area contributed by atoms with Crippen LogP contribution in [0.5, 0.6) is 5.75 Å². The molecule has 2 aromatic heterocycles. The Bertz CT molecular complexity index is 922. The van der Waals surface area contributed by atoms with Gasteiger partial charge in [0, 0.05) is 24.8 Å². The van der Waals surface area contributed by atoms with Gasteiger partial charge in [-0.25, -0.2) is 0 Å². The molecule has 4 rings (SSSR count). The molecule has 2 aliphatic carbocycles. The number of rotatable bonds is 7. The molecule has 0 radical (unpaired) electrons. The standard InChI is InChI=1S/C19H21F3N4O3/c1-10-24-17(26-29-10)18(2,12-5-6-12)25-16(27)14-7-15(28-9-19(20,21)22)13(8-23-14)11-3-4-11/h7-8,11-12H,3-6,9H2,1-2H3,(H,25,27)/t18-/m0/s1. The highest BCUT2D eigenvalue weighted by Crippen LogP contribution is 2.46. The Morgan fingerprint density at radius 3 is 2.59 bits per heavy atom. The second-order valence-corrected chi connectivity index (χ2v) is 7.85. The number of nitrogens with one attached hydrogen (secondary N) is 1. The molecule has 1 atom stereocenters. The largest absolute Gasteiger partial charge is 0.484 e. The molecule has 2 aromatic rings. The molecule has 0 spiro atoms. The first-order valence-corrected chi connectivity index (χ1v) is 9.48. The summed E-state index contributed by atoms with van der Waals surface area (Å²) in [5.41, 5.74) is -0.262. The summed E-state index contributed by atoms with van der Waals surface area (Å²) >= 11 is 0. The third kappa shape index (κ3) is 4.35. The van der Waals surface area contributed by atoms with Crippen LogP contribution in [0.1, 0.15) is 66.3 Å². The van der Waals surface area contributed by atoms with Gasteiger partial charge in [-0.3, -0.25) is 9.78 Å². The van der Waals surface area contributed by atoms with Crippen molar-refractivity contribution in [2.75, 3.05) is 6.61 Å². The molecule has 0 aliphatic heterocycles. The fourth-order valence-electron chi connectivity index (χ4n) is 3.37. The molecule has 2 heterocycles. The molecule has 0 aromatic carbocycles. The van der Waals surface area contributed by atoms with Crippen LogP contribution in [0.2, 0.25) is 0 Å². The van der Waals surface area contributed by atoms with Gasteiger partial charge in [0.15, 0.2) is 12.4 Å². The van der Waals surface area contributed by atoms with Crippen LogP contribution in [-0.4, -0.2) is 33.8 Å². The van der Waals surface area contributed by atoms with E-state index in [1.807, 2.05) is 6.92 Å². The first-order valence-electron chi connectivity index (χ1n) is 9.48. The highest BCUT2D eigenvalue weighted by molar-refractivity contribution is 5.93. The van der Waals surface area contributed by atoms with E-state index in [0.717, 1.165) is 25.7 Å². The lowest BCUT2D eigenvalue weighted by molar-refractivity contribution is -0.153. The predicted molar refractivity (Wildman–Crippen MR) is 94.3 cm³/mol. The summed E-state index contributed by atoms with van der Waals surface area (Å²) in [5.74, 6) is 0.552. The van der Waals surface area contributed by atoms with Crippen LogP contribution in [0.15, 0.2) is 16.8 Å². The quantitative estimate of drug-likeness (QED) is 0.750. The second kappa shape index (κ2) is 7.00. The van der Waals surface area contributed by atoms with Crippen molar-refractivity contribution in [1.82, 2.24) is 20.4 Å². The Labute approximate surface area is 165 Å². The number of hydrogen-bond acceptors (Lipinski definition) is 6. The van der Waals surface area contributed by atoms with Gasteiger partial charge in [-0.05, 0) is 44.4 Å². The number of carbonyl (C=O) groups excluding carboxylic acids is 1. The van der Waals surface area contributed by atoms with E-state index in [2.05, 4.69) is 20.4 Å². The molecular formula is C19H21F3N4O3. The summed E-state index contributed by atoms with van der Waals surface area (Å²) in [5, 5.41) is 6.85. The number of alkyl halides is 3. The maximum atomic E-state index is 12.9. The van der Waals surface area contributed by atoms with Crippen LogP contribution in [0, 0.1) is 12.8 Å². The summed E-state index contributed by atoms with van der Waals surface area (Å²) in [7, 11) is 0. The minimum absolute atomic E-state index is 0.0151. The number of ether oxygens (including phenoxy) is 1. The number of halogens is 3. The van der Waals surface area contributed by atoms with Crippen LogP contribution < -0.4 is 10.1 Å². The number of aromatic nitrogens is 3. The third-order valence-electron chi connectivity index (χ3n) is 5.30. The van der Waals surface area contributed by atoms with Crippen LogP contribution in [0.25, 0.3) is 0 Å². The highest BCUT2D eigenvalue weighted by atomic mass is 19.4. The minimum atomic E-state index is -4.46. The number of aryl methyl sites for hydroxylation is 1. The monoisotopic (exact) mass is 410 g/mol. The molecule has 29 heavy (non-hydrogen) atoms. The van der Waals surface area contributed by atoms with Crippen molar-refractivity contribution in [3.05, 3.63) is 35.2 Å². The lowest BCUT2D eigenvalue weighted by Gasteiger charge is -2.27. The van der Waals surface area contributed by atoms with Crippen molar-refractivity contribution in [2.45, 2.75) is 57.2 Å². The zero-order valence-electron chi connectivity index (χ0n) is 16.0. The van der Waals surface area contributed by atoms with Crippen molar-refractivity contribution in [1.29, 1.82) is 0 Å². The lowest BCUT2D eigenvalue weighted by atomic mass is 9.94. The number of carbonyl (C=O) groups is 1. The van der Waals surface area contributed by atoms with Crippen molar-refractivity contribution >= 4 is 5.91 Å². The number of nitrogens with zero attached hydrogens (tertiary/aromatic N) is 3. The van der Waals surface area contributed by atoms with Crippen LogP contribution in [0.4, 0.5) is 13.2 Å². The fraction of sp³-hybridized carbons (Fsp3) is 0.579. The Morgan fingerprint density at radius 1 is 1.31 bits per heavy atom. The van der Waals surface area contributed by atoms with E-state index in [1.165, 1.54) is 12.3 Å². The molecule has 0 bridgehead atoms. The highest BCUT2D eigenvalue weighted by Gasteiger charge is 2.47. The van der Waals surface area contributed by atoms with E-state index in [9.17, 15) is 18.0 Å². The molecule has 0 unspecified atom stereocenters. The zero-order chi connectivity index (χ0) is 20.8. The zero-order valence-corrected chi connectivity index (χ0v) is 16.0. The van der Waals surface area contributed by atoms with Gasteiger partial charge in [-0.2, -0.15) is 18.2 Å². The lowest BCUT2D eigenvalue weighted by Crippen LogP contribution is -2.46. The minimum Gasteiger partial charge on any atom is -0.484 e. The van der Waals surface area contributed by atoms with Gasteiger partial charge in [0.1, 0.15) is 17.0 Å². The first-order chi connectivity index (χ1) is 13.7. The summed E-state index contributed by atoms with van der Waals surface area (Å²) < 4.78 is 47.9. The van der Waals surface area contributed by atoms with Crippen molar-refractivity contribution in [3.8, 4) is 5.75 Å². The van der Waals surface area contributed by atoms with E-state index in [4.69, 9.17) is 9.26 Å². The average molecular weight is 410 g/mol. The molecule has 0 saturated heterocycles. The van der Waals surface area contributed by atoms with E-state index in [0.29, 0.717) is 17.3 Å². The van der Waals surface area contributed by atoms with Gasteiger partial charge in [-0.1, -0.05) is 5.16 Å². The normalized spacial score (nSPS) is 18.9. The molecule has 7 nitrogen and oxygen atoms in total. The molecule has 2 aliphatic rings. The average Bonchev–Trinajstić information content (AvgIpc) is 3.57. The number of pyridine rings is 1. The molecule has 2 saturated carbocycles. The Kier molecular flexibility index (Phi) is 4.74. The Balaban J connectivity index is 1.57. The van der Waals surface area contributed by atoms with Crippen LogP contribution >= 0.6 is 0 Å². The summed E-state index contributed by atoms with van der Waals surface area (Å²) in [6, 6.07) is 1.28. The van der Waals surface area contributed by atoms with E-state index in [1.54, 1.807) is 6.92 Å². The van der Waals surface area contributed by atoms with Gasteiger partial charge in [0.2, 0.25) is 5.89 Å². The Hall–Kier alpha value is -2.65. The van der Waals surface area contributed by atoms with E-state index < -0.39 is 24.2 Å². The third-order valence-corrected chi connectivity index (χ3v) is 5.30. The molecule has 1 N–H and O–H groups in total. The molecule has 2 fully saturated rings. The van der Waals surface area contributed by atoms with Crippen molar-refractivity contribution < 1.29 is 27.2 Å². The molecular weight excluding hydrogens is 389 g/mol. The maximum absolute atomic E-state index is 12.9. The van der Waals surface area contributed by atoms with Gasteiger partial charge >= 0.3 is 6.18 Å². The van der Waals surface area contributed by atoms with E-state index >= 15 is 0 Å². The molecule has 10 heteroatoms. The summed E-state index contributed by atoms with van der Waals surface area (Å²) in [4.78, 5) is 21.3. The van der Waals surface area contributed by atoms with Gasteiger partial charge in [0.25, 0.3) is 5.91 Å². The van der Waals surface area contributed by atoms with Gasteiger partial charge < -0.3 is 14.6 Å². The van der Waals surface area contributed by atoms with Crippen molar-refractivity contribution in [3.63, 3.8) is 0 Å². The smallest absolute Gasteiger partial charge is 0.422 e. The van der Waals surface area contributed by atoms with Gasteiger partial charge in [0.05, 0.1) is 0 Å². The number of hydrogen-bond donors (Lipinski definition) is 1. The second-order valence-electron chi connectivity index (χ2n) is 7.85. The topological polar surface area (TPSA) is 90.1 Å². The van der Waals surface area contributed by atoms with Gasteiger partial charge in [-0.15, -0.1) is 0 Å². The summed E-state index contributed by atoms with van der Waals surface area (Å²) in [6.07, 6.45) is 0.509. The maximum Gasteiger partial charge on any atom is 0.422 e. The first kappa shape index (κ1) is 19.7. The number of amides is 1.